The average Bonchev–Trinajstić information content (AvgIpc) is 2.89. The summed E-state index contributed by atoms with van der Waals surface area (Å²) in [6, 6.07) is 4.29. The Balaban J connectivity index is 2.20. The molecule has 1 aromatic heterocycles. The van der Waals surface area contributed by atoms with Gasteiger partial charge in [-0.15, -0.1) is 0 Å². The third kappa shape index (κ3) is 3.08. The summed E-state index contributed by atoms with van der Waals surface area (Å²) in [4.78, 5) is 10.3. The number of benzene rings is 1. The molecule has 1 aromatic carbocycles. The second kappa shape index (κ2) is 5.92. The Labute approximate surface area is 121 Å². The molecule has 0 radical (unpaired) electrons. The molecule has 0 amide bonds. The van der Waals surface area contributed by atoms with Gasteiger partial charge in [0.15, 0.2) is 0 Å². The third-order valence-corrected chi connectivity index (χ3v) is 3.34. The standard InChI is InChI=1S/C13H15ClN4O2/c1-3-17-8-10(7-15-17)9(2)16-13-6-11(18(19)20)4-5-12(13)14/h4-9,16H,3H2,1-2H3. The summed E-state index contributed by atoms with van der Waals surface area (Å²) in [5.74, 6) is 0. The minimum absolute atomic E-state index is 0.00773. The first-order valence-corrected chi connectivity index (χ1v) is 6.62. The van der Waals surface area contributed by atoms with E-state index in [2.05, 4.69) is 10.4 Å². The average molecular weight is 295 g/mol. The van der Waals surface area contributed by atoms with Gasteiger partial charge in [0, 0.05) is 30.4 Å². The van der Waals surface area contributed by atoms with Crippen LogP contribution in [-0.4, -0.2) is 14.7 Å². The number of aromatic nitrogens is 2. The molecule has 2 aromatic rings. The third-order valence-electron chi connectivity index (χ3n) is 3.01. The van der Waals surface area contributed by atoms with Crippen LogP contribution >= 0.6 is 11.6 Å². The number of aryl methyl sites for hydroxylation is 1. The number of hydrogen-bond donors (Lipinski definition) is 1. The van der Waals surface area contributed by atoms with Gasteiger partial charge in [0.25, 0.3) is 5.69 Å². The van der Waals surface area contributed by atoms with E-state index in [9.17, 15) is 10.1 Å². The van der Waals surface area contributed by atoms with Crippen LogP contribution in [0.2, 0.25) is 5.02 Å². The lowest BCUT2D eigenvalue weighted by Gasteiger charge is -2.14. The Morgan fingerprint density at radius 1 is 1.55 bits per heavy atom. The van der Waals surface area contributed by atoms with Gasteiger partial charge in [0.2, 0.25) is 0 Å². The molecule has 20 heavy (non-hydrogen) atoms. The number of nitrogens with zero attached hydrogens (tertiary/aromatic N) is 3. The monoisotopic (exact) mass is 294 g/mol. The molecule has 0 saturated carbocycles. The summed E-state index contributed by atoms with van der Waals surface area (Å²) in [6.07, 6.45) is 3.70. The fourth-order valence-corrected chi connectivity index (χ4v) is 2.00. The summed E-state index contributed by atoms with van der Waals surface area (Å²) in [5, 5.41) is 18.6. The summed E-state index contributed by atoms with van der Waals surface area (Å²) in [5.41, 5.74) is 1.54. The summed E-state index contributed by atoms with van der Waals surface area (Å²) in [6.45, 7) is 4.75. The Morgan fingerprint density at radius 3 is 2.90 bits per heavy atom. The van der Waals surface area contributed by atoms with Gasteiger partial charge in [-0.2, -0.15) is 5.10 Å². The van der Waals surface area contributed by atoms with Crippen LogP contribution in [0.5, 0.6) is 0 Å². The molecule has 0 aliphatic carbocycles. The molecule has 0 aliphatic heterocycles. The van der Waals surface area contributed by atoms with E-state index in [-0.39, 0.29) is 11.7 Å². The lowest BCUT2D eigenvalue weighted by molar-refractivity contribution is -0.384. The number of nitro benzene ring substituents is 1. The Morgan fingerprint density at radius 2 is 2.30 bits per heavy atom. The van der Waals surface area contributed by atoms with Crippen LogP contribution < -0.4 is 5.32 Å². The minimum Gasteiger partial charge on any atom is -0.377 e. The van der Waals surface area contributed by atoms with Crippen molar-refractivity contribution in [2.24, 2.45) is 0 Å². The van der Waals surface area contributed by atoms with Crippen LogP contribution in [-0.2, 0) is 6.54 Å². The topological polar surface area (TPSA) is 73.0 Å². The Kier molecular flexibility index (Phi) is 4.24. The molecule has 7 heteroatoms. The van der Waals surface area contributed by atoms with E-state index in [1.165, 1.54) is 18.2 Å². The zero-order valence-electron chi connectivity index (χ0n) is 11.2. The van der Waals surface area contributed by atoms with E-state index in [1.54, 1.807) is 6.20 Å². The van der Waals surface area contributed by atoms with Crippen molar-refractivity contribution in [3.05, 3.63) is 51.3 Å². The molecule has 6 nitrogen and oxygen atoms in total. The molecule has 2 rings (SSSR count). The van der Waals surface area contributed by atoms with Gasteiger partial charge in [-0.05, 0) is 19.9 Å². The second-order valence-corrected chi connectivity index (χ2v) is 4.82. The summed E-state index contributed by atoms with van der Waals surface area (Å²) < 4.78 is 1.82. The lowest BCUT2D eigenvalue weighted by Crippen LogP contribution is -2.06. The van der Waals surface area contributed by atoms with Crippen LogP contribution in [0.15, 0.2) is 30.6 Å². The second-order valence-electron chi connectivity index (χ2n) is 4.42. The van der Waals surface area contributed by atoms with Gasteiger partial charge in [-0.25, -0.2) is 0 Å². The number of hydrogen-bond acceptors (Lipinski definition) is 4. The van der Waals surface area contributed by atoms with Crippen molar-refractivity contribution in [2.75, 3.05) is 5.32 Å². The highest BCUT2D eigenvalue weighted by Gasteiger charge is 2.13. The van der Waals surface area contributed by atoms with Crippen molar-refractivity contribution in [3.8, 4) is 0 Å². The molecule has 0 aliphatic rings. The first-order valence-electron chi connectivity index (χ1n) is 6.24. The molecule has 1 N–H and O–H groups in total. The maximum atomic E-state index is 10.8. The van der Waals surface area contributed by atoms with Crippen molar-refractivity contribution in [2.45, 2.75) is 26.4 Å². The number of nitrogens with one attached hydrogen (secondary N) is 1. The molecule has 0 fully saturated rings. The van der Waals surface area contributed by atoms with E-state index < -0.39 is 4.92 Å². The van der Waals surface area contributed by atoms with Crippen molar-refractivity contribution in [1.29, 1.82) is 0 Å². The zero-order valence-corrected chi connectivity index (χ0v) is 12.0. The van der Waals surface area contributed by atoms with Crippen LogP contribution in [0.4, 0.5) is 11.4 Å². The molecule has 0 spiro atoms. The number of nitro groups is 1. The van der Waals surface area contributed by atoms with Gasteiger partial charge < -0.3 is 5.32 Å². The smallest absolute Gasteiger partial charge is 0.271 e. The van der Waals surface area contributed by atoms with Crippen molar-refractivity contribution in [3.63, 3.8) is 0 Å². The molecule has 1 unspecified atom stereocenters. The van der Waals surface area contributed by atoms with Gasteiger partial charge in [-0.1, -0.05) is 11.6 Å². The summed E-state index contributed by atoms with van der Waals surface area (Å²) >= 11 is 6.06. The van der Waals surface area contributed by atoms with Crippen LogP contribution in [0, 0.1) is 10.1 Å². The minimum atomic E-state index is -0.443. The molecule has 106 valence electrons. The van der Waals surface area contributed by atoms with Gasteiger partial charge in [0.05, 0.1) is 27.9 Å². The SMILES string of the molecule is CCn1cc(C(C)Nc2cc([N+](=O)[O-])ccc2Cl)cn1. The Hall–Kier alpha value is -2.08. The molecule has 0 bridgehead atoms. The largest absolute Gasteiger partial charge is 0.377 e. The van der Waals surface area contributed by atoms with Crippen LogP contribution in [0.25, 0.3) is 0 Å². The zero-order chi connectivity index (χ0) is 14.7. The number of halogens is 1. The first kappa shape index (κ1) is 14.3. The predicted molar refractivity (Wildman–Crippen MR) is 78.0 cm³/mol. The number of anilines is 1. The van der Waals surface area contributed by atoms with Crippen LogP contribution in [0.1, 0.15) is 25.5 Å². The predicted octanol–water partition coefficient (Wildman–Crippen LogP) is 3.64. The fraction of sp³-hybridized carbons (Fsp3) is 0.308. The van der Waals surface area contributed by atoms with Gasteiger partial charge in [0.1, 0.15) is 0 Å². The highest BCUT2D eigenvalue weighted by molar-refractivity contribution is 6.33. The van der Waals surface area contributed by atoms with E-state index in [0.717, 1.165) is 12.1 Å². The normalized spacial score (nSPS) is 12.2. The highest BCUT2D eigenvalue weighted by atomic mass is 35.5. The maximum absolute atomic E-state index is 10.8. The molecule has 0 saturated heterocycles. The van der Waals surface area contributed by atoms with E-state index in [0.29, 0.717) is 10.7 Å². The van der Waals surface area contributed by atoms with Crippen molar-refractivity contribution >= 4 is 23.0 Å². The molecular weight excluding hydrogens is 280 g/mol. The maximum Gasteiger partial charge on any atom is 0.271 e. The quantitative estimate of drug-likeness (QED) is 0.675. The lowest BCUT2D eigenvalue weighted by atomic mass is 10.1. The van der Waals surface area contributed by atoms with Crippen molar-refractivity contribution < 1.29 is 4.92 Å². The van der Waals surface area contributed by atoms with E-state index in [1.807, 2.05) is 24.7 Å². The highest BCUT2D eigenvalue weighted by Crippen LogP contribution is 2.29. The summed E-state index contributed by atoms with van der Waals surface area (Å²) in [7, 11) is 0. The van der Waals surface area contributed by atoms with Crippen molar-refractivity contribution in [1.82, 2.24) is 9.78 Å². The Bertz CT molecular complexity index is 627. The van der Waals surface area contributed by atoms with E-state index >= 15 is 0 Å². The van der Waals surface area contributed by atoms with E-state index in [4.69, 9.17) is 11.6 Å². The first-order chi connectivity index (χ1) is 9.51. The molecule has 1 heterocycles. The molecular formula is C13H15ClN4O2. The fourth-order valence-electron chi connectivity index (χ4n) is 1.83. The van der Waals surface area contributed by atoms with Gasteiger partial charge in [-0.3, -0.25) is 14.8 Å². The molecule has 1 atom stereocenters. The number of rotatable bonds is 5. The number of non-ortho nitro benzene ring substituents is 1. The van der Waals surface area contributed by atoms with Crippen LogP contribution in [0.3, 0.4) is 0 Å². The van der Waals surface area contributed by atoms with Gasteiger partial charge >= 0.3 is 0 Å².